The Hall–Kier alpha value is -3.30. The van der Waals surface area contributed by atoms with Gasteiger partial charge in [-0.1, -0.05) is 32.8 Å². The minimum absolute atomic E-state index is 0.0702. The van der Waals surface area contributed by atoms with Gasteiger partial charge in [0.05, 0.1) is 18.7 Å². The molecule has 0 atom stereocenters. The highest BCUT2D eigenvalue weighted by molar-refractivity contribution is 5.93. The summed E-state index contributed by atoms with van der Waals surface area (Å²) in [5, 5.41) is 13.2. The fraction of sp³-hybridized carbons (Fsp3) is 0.360. The van der Waals surface area contributed by atoms with E-state index in [0.717, 1.165) is 28.6 Å². The Labute approximate surface area is 183 Å². The lowest BCUT2D eigenvalue weighted by Gasteiger charge is -2.20. The van der Waals surface area contributed by atoms with Crippen molar-refractivity contribution < 1.29 is 14.6 Å². The summed E-state index contributed by atoms with van der Waals surface area (Å²) in [6.45, 7) is 7.56. The highest BCUT2D eigenvalue weighted by Crippen LogP contribution is 2.35. The Morgan fingerprint density at radius 3 is 2.58 bits per heavy atom. The molecule has 162 valence electrons. The third-order valence-corrected chi connectivity index (χ3v) is 4.66. The number of nitrogens with one attached hydrogen (secondary N) is 1. The Morgan fingerprint density at radius 2 is 1.84 bits per heavy atom. The summed E-state index contributed by atoms with van der Waals surface area (Å²) in [4.78, 5) is 8.82. The van der Waals surface area contributed by atoms with Crippen LogP contribution in [-0.4, -0.2) is 34.9 Å². The van der Waals surface area contributed by atoms with Gasteiger partial charge in [-0.05, 0) is 36.1 Å². The maximum Gasteiger partial charge on any atom is 0.163 e. The van der Waals surface area contributed by atoms with Gasteiger partial charge in [0.15, 0.2) is 11.5 Å². The highest BCUT2D eigenvalue weighted by Gasteiger charge is 2.15. The van der Waals surface area contributed by atoms with Crippen molar-refractivity contribution >= 4 is 22.4 Å². The van der Waals surface area contributed by atoms with E-state index in [1.807, 2.05) is 36.4 Å². The van der Waals surface area contributed by atoms with Crippen LogP contribution in [0.2, 0.25) is 0 Å². The predicted molar refractivity (Wildman–Crippen MR) is 124 cm³/mol. The van der Waals surface area contributed by atoms with E-state index in [1.54, 1.807) is 0 Å². The number of terminal acetylenes is 1. The molecule has 3 rings (SSSR count). The van der Waals surface area contributed by atoms with Crippen LogP contribution >= 0.6 is 0 Å². The smallest absolute Gasteiger partial charge is 0.163 e. The second-order valence-corrected chi connectivity index (χ2v) is 8.47. The third-order valence-electron chi connectivity index (χ3n) is 4.66. The number of hydrogen-bond acceptors (Lipinski definition) is 6. The van der Waals surface area contributed by atoms with Crippen LogP contribution in [-0.2, 0) is 0 Å². The molecule has 0 aliphatic rings. The Balaban J connectivity index is 1.94. The average Bonchev–Trinajstić information content (AvgIpc) is 2.74. The maximum atomic E-state index is 9.08. The van der Waals surface area contributed by atoms with E-state index in [-0.39, 0.29) is 12.0 Å². The molecule has 6 heteroatoms. The largest absolute Gasteiger partial charge is 0.490 e. The van der Waals surface area contributed by atoms with Crippen LogP contribution in [0.25, 0.3) is 10.9 Å². The number of fused-ring (bicyclic) bond motifs is 1. The number of rotatable bonds is 9. The normalized spacial score (nSPS) is 11.2. The van der Waals surface area contributed by atoms with Gasteiger partial charge in [-0.25, -0.2) is 9.97 Å². The molecule has 0 saturated carbocycles. The molecule has 0 aliphatic carbocycles. The predicted octanol–water partition coefficient (Wildman–Crippen LogP) is 4.93. The van der Waals surface area contributed by atoms with Gasteiger partial charge in [-0.3, -0.25) is 0 Å². The van der Waals surface area contributed by atoms with Gasteiger partial charge in [-0.15, -0.1) is 6.42 Å². The highest BCUT2D eigenvalue weighted by atomic mass is 16.5. The average molecular weight is 420 g/mol. The Bertz CT molecular complexity index is 1070. The number of aromatic nitrogens is 2. The zero-order chi connectivity index (χ0) is 22.3. The summed E-state index contributed by atoms with van der Waals surface area (Å²) in [5.41, 5.74) is 2.52. The lowest BCUT2D eigenvalue weighted by Crippen LogP contribution is -2.12. The summed E-state index contributed by atoms with van der Waals surface area (Å²) >= 11 is 0. The number of hydrogen-bond donors (Lipinski definition) is 2. The van der Waals surface area contributed by atoms with Gasteiger partial charge in [0.2, 0.25) is 0 Å². The van der Waals surface area contributed by atoms with Crippen LogP contribution in [0.3, 0.4) is 0 Å². The molecular weight excluding hydrogens is 390 g/mol. The molecule has 31 heavy (non-hydrogen) atoms. The molecule has 1 heterocycles. The van der Waals surface area contributed by atoms with E-state index in [9.17, 15) is 0 Å². The number of aliphatic hydroxyl groups excluding tert-OH is 1. The topological polar surface area (TPSA) is 76.5 Å². The van der Waals surface area contributed by atoms with Crippen molar-refractivity contribution in [2.75, 3.05) is 25.1 Å². The van der Waals surface area contributed by atoms with E-state index in [1.165, 1.54) is 6.33 Å². The van der Waals surface area contributed by atoms with Crippen LogP contribution in [0.4, 0.5) is 11.5 Å². The van der Waals surface area contributed by atoms with Crippen molar-refractivity contribution in [2.45, 2.75) is 33.6 Å². The first-order valence-corrected chi connectivity index (χ1v) is 10.4. The van der Waals surface area contributed by atoms with Gasteiger partial charge in [-0.2, -0.15) is 0 Å². The molecule has 2 aromatic carbocycles. The molecule has 1 aromatic heterocycles. The van der Waals surface area contributed by atoms with E-state index in [4.69, 9.17) is 21.0 Å². The molecule has 0 saturated heterocycles. The third kappa shape index (κ3) is 6.34. The minimum atomic E-state index is 0.0702. The number of ether oxygens (including phenoxy) is 2. The molecule has 3 aromatic rings. The molecule has 0 amide bonds. The standard InChI is InChI=1S/C25H29N3O3/c1-5-18-8-6-9-19(14-18)28-24-20-15-22(31-13-10-25(2,3)4)23(30-12-7-11-29)16-21(20)26-17-27-24/h1,6,8-9,14-17,29H,7,10-13H2,2-4H3,(H,26,27,28). The maximum absolute atomic E-state index is 9.08. The van der Waals surface area contributed by atoms with Crippen molar-refractivity contribution in [1.82, 2.24) is 9.97 Å². The second-order valence-electron chi connectivity index (χ2n) is 8.47. The molecule has 0 bridgehead atoms. The van der Waals surface area contributed by atoms with E-state index in [2.05, 4.69) is 42.0 Å². The molecule has 6 nitrogen and oxygen atoms in total. The monoisotopic (exact) mass is 419 g/mol. The Kier molecular flexibility index (Phi) is 7.32. The first-order valence-electron chi connectivity index (χ1n) is 10.4. The van der Waals surface area contributed by atoms with Gasteiger partial charge < -0.3 is 19.9 Å². The number of aliphatic hydroxyl groups is 1. The molecule has 0 aliphatic heterocycles. The summed E-state index contributed by atoms with van der Waals surface area (Å²) < 4.78 is 12.0. The van der Waals surface area contributed by atoms with Gasteiger partial charge in [0, 0.05) is 35.7 Å². The minimum Gasteiger partial charge on any atom is -0.490 e. The van der Waals surface area contributed by atoms with Crippen molar-refractivity contribution in [2.24, 2.45) is 5.41 Å². The first kappa shape index (κ1) is 22.4. The van der Waals surface area contributed by atoms with Gasteiger partial charge >= 0.3 is 0 Å². The van der Waals surface area contributed by atoms with Crippen molar-refractivity contribution in [1.29, 1.82) is 0 Å². The molecule has 0 spiro atoms. The molecule has 0 radical (unpaired) electrons. The van der Waals surface area contributed by atoms with Gasteiger partial charge in [0.25, 0.3) is 0 Å². The summed E-state index contributed by atoms with van der Waals surface area (Å²) in [6.07, 6.45) is 8.47. The lowest BCUT2D eigenvalue weighted by atomic mass is 9.93. The van der Waals surface area contributed by atoms with Crippen LogP contribution in [0.1, 0.15) is 39.2 Å². The van der Waals surface area contributed by atoms with Crippen molar-refractivity contribution in [3.8, 4) is 23.8 Å². The Morgan fingerprint density at radius 1 is 1.06 bits per heavy atom. The van der Waals surface area contributed by atoms with Crippen molar-refractivity contribution in [3.63, 3.8) is 0 Å². The molecule has 0 unspecified atom stereocenters. The lowest BCUT2D eigenvalue weighted by molar-refractivity contribution is 0.211. The van der Waals surface area contributed by atoms with Gasteiger partial charge in [0.1, 0.15) is 12.1 Å². The van der Waals surface area contributed by atoms with Crippen molar-refractivity contribution in [3.05, 3.63) is 48.3 Å². The van der Waals surface area contributed by atoms with E-state index >= 15 is 0 Å². The fourth-order valence-electron chi connectivity index (χ4n) is 2.93. The zero-order valence-electron chi connectivity index (χ0n) is 18.3. The van der Waals surface area contributed by atoms with E-state index in [0.29, 0.717) is 37.0 Å². The number of benzene rings is 2. The molecule has 2 N–H and O–H groups in total. The summed E-state index contributed by atoms with van der Waals surface area (Å²) in [7, 11) is 0. The quantitative estimate of drug-likeness (QED) is 0.378. The molecular formula is C25H29N3O3. The number of nitrogens with zero attached hydrogens (tertiary/aromatic N) is 2. The van der Waals surface area contributed by atoms with Crippen LogP contribution in [0.15, 0.2) is 42.7 Å². The molecule has 0 fully saturated rings. The second kappa shape index (κ2) is 10.1. The zero-order valence-corrected chi connectivity index (χ0v) is 18.3. The summed E-state index contributed by atoms with van der Waals surface area (Å²) in [6, 6.07) is 11.3. The van der Waals surface area contributed by atoms with Crippen LogP contribution in [0, 0.1) is 17.8 Å². The fourth-order valence-corrected chi connectivity index (χ4v) is 2.93. The van der Waals surface area contributed by atoms with E-state index < -0.39 is 0 Å². The number of anilines is 2. The first-order chi connectivity index (χ1) is 14.9. The van der Waals surface area contributed by atoms with Crippen LogP contribution < -0.4 is 14.8 Å². The van der Waals surface area contributed by atoms with Crippen LogP contribution in [0.5, 0.6) is 11.5 Å². The summed E-state index contributed by atoms with van der Waals surface area (Å²) in [5.74, 6) is 4.53. The SMILES string of the molecule is C#Cc1cccc(Nc2ncnc3cc(OCCCO)c(OCCC(C)(C)C)cc23)c1.